The Bertz CT molecular complexity index is 353. The molecule has 1 aromatic rings. The van der Waals surface area contributed by atoms with Gasteiger partial charge in [-0.25, -0.2) is 4.98 Å². The molecule has 0 N–H and O–H groups in total. The van der Waals surface area contributed by atoms with Crippen LogP contribution >= 0.6 is 0 Å². The van der Waals surface area contributed by atoms with Crippen LogP contribution in [-0.4, -0.2) is 9.55 Å². The predicted octanol–water partition coefficient (Wildman–Crippen LogP) is 4.47. The highest BCUT2D eigenvalue weighted by atomic mass is 15.0. The number of hydrogen-bond acceptors (Lipinski definition) is 1. The topological polar surface area (TPSA) is 17.8 Å². The molecule has 0 unspecified atom stereocenters. The predicted molar refractivity (Wildman–Crippen MR) is 74.2 cm³/mol. The van der Waals surface area contributed by atoms with Gasteiger partial charge in [0.25, 0.3) is 0 Å². The second-order valence-corrected chi connectivity index (χ2v) is 7.48. The van der Waals surface area contributed by atoms with Crippen molar-refractivity contribution in [3.63, 3.8) is 0 Å². The normalized spacial score (nSPS) is 13.4. The summed E-state index contributed by atoms with van der Waals surface area (Å²) in [6.45, 7) is 16.0. The zero-order valence-corrected chi connectivity index (χ0v) is 12.5. The molecule has 0 saturated carbocycles. The summed E-state index contributed by atoms with van der Waals surface area (Å²) in [5, 5.41) is 0. The number of rotatable bonds is 4. The highest BCUT2D eigenvalue weighted by molar-refractivity contribution is 5.01. The van der Waals surface area contributed by atoms with Crippen LogP contribution in [0.5, 0.6) is 0 Å². The zero-order chi connectivity index (χ0) is 13.3. The number of hydrogen-bond donors (Lipinski definition) is 0. The van der Waals surface area contributed by atoms with Crippen LogP contribution in [0.2, 0.25) is 0 Å². The molecule has 98 valence electrons. The second-order valence-electron chi connectivity index (χ2n) is 7.48. The average Bonchev–Trinajstić information content (AvgIpc) is 2.46. The van der Waals surface area contributed by atoms with E-state index in [0.717, 1.165) is 6.42 Å². The monoisotopic (exact) mass is 236 g/mol. The van der Waals surface area contributed by atoms with E-state index in [9.17, 15) is 0 Å². The van der Waals surface area contributed by atoms with E-state index in [0.29, 0.717) is 16.9 Å². The van der Waals surface area contributed by atoms with E-state index >= 15 is 0 Å². The Hall–Kier alpha value is -0.790. The van der Waals surface area contributed by atoms with Crippen molar-refractivity contribution >= 4 is 0 Å². The third-order valence-corrected chi connectivity index (χ3v) is 2.92. The largest absolute Gasteiger partial charge is 0.335 e. The van der Waals surface area contributed by atoms with Gasteiger partial charge in [-0.15, -0.1) is 0 Å². The molecule has 1 aromatic heterocycles. The van der Waals surface area contributed by atoms with Gasteiger partial charge in [-0.1, -0.05) is 34.6 Å². The van der Waals surface area contributed by atoms with E-state index in [2.05, 4.69) is 64.2 Å². The first-order chi connectivity index (χ1) is 7.59. The number of nitrogens with zero attached hydrogens (tertiary/aromatic N) is 2. The summed E-state index contributed by atoms with van der Waals surface area (Å²) >= 11 is 0. The van der Waals surface area contributed by atoms with Gasteiger partial charge in [-0.05, 0) is 37.5 Å². The summed E-state index contributed by atoms with van der Waals surface area (Å²) < 4.78 is 2.18. The number of aromatic nitrogens is 2. The van der Waals surface area contributed by atoms with Crippen LogP contribution in [0.4, 0.5) is 0 Å². The molecule has 0 atom stereocenters. The minimum absolute atomic E-state index is 0.314. The molecule has 0 bridgehead atoms. The Morgan fingerprint density at radius 3 is 2.18 bits per heavy atom. The lowest BCUT2D eigenvalue weighted by Gasteiger charge is -2.31. The van der Waals surface area contributed by atoms with Gasteiger partial charge in [-0.3, -0.25) is 0 Å². The molecule has 0 aliphatic rings. The first kappa shape index (κ1) is 14.3. The average molecular weight is 236 g/mol. The molecular formula is C15H28N2. The summed E-state index contributed by atoms with van der Waals surface area (Å²) in [5.74, 6) is 0. The van der Waals surface area contributed by atoms with Crippen molar-refractivity contribution in [2.24, 2.45) is 10.8 Å². The Morgan fingerprint density at radius 1 is 1.18 bits per heavy atom. The Labute approximate surface area is 106 Å². The van der Waals surface area contributed by atoms with Crippen molar-refractivity contribution < 1.29 is 0 Å². The molecular weight excluding hydrogens is 208 g/mol. The van der Waals surface area contributed by atoms with E-state index in [-0.39, 0.29) is 0 Å². The van der Waals surface area contributed by atoms with E-state index in [1.165, 1.54) is 12.1 Å². The van der Waals surface area contributed by atoms with Crippen LogP contribution < -0.4 is 0 Å². The fraction of sp³-hybridized carbons (Fsp3) is 0.800. The standard InChI is InChI=1S/C15H28N2/c1-12(2)17-9-13(16-11-17)8-15(6,7)10-14(3,4)5/h9,11-12H,8,10H2,1-7H3. The molecule has 1 heterocycles. The quantitative estimate of drug-likeness (QED) is 0.754. The molecule has 2 heteroatoms. The third-order valence-electron chi connectivity index (χ3n) is 2.92. The molecule has 0 radical (unpaired) electrons. The highest BCUT2D eigenvalue weighted by Crippen LogP contribution is 2.35. The van der Waals surface area contributed by atoms with Crippen LogP contribution in [0.1, 0.15) is 66.6 Å². The lowest BCUT2D eigenvalue weighted by atomic mass is 9.74. The van der Waals surface area contributed by atoms with Crippen molar-refractivity contribution in [3.05, 3.63) is 18.2 Å². The fourth-order valence-corrected chi connectivity index (χ4v) is 2.74. The van der Waals surface area contributed by atoms with Crippen LogP contribution in [0.25, 0.3) is 0 Å². The van der Waals surface area contributed by atoms with Gasteiger partial charge in [0.05, 0.1) is 12.0 Å². The first-order valence-corrected chi connectivity index (χ1v) is 6.61. The lowest BCUT2D eigenvalue weighted by molar-refractivity contribution is 0.210. The molecule has 0 fully saturated rings. The van der Waals surface area contributed by atoms with Crippen molar-refractivity contribution in [2.75, 3.05) is 0 Å². The molecule has 17 heavy (non-hydrogen) atoms. The number of imidazole rings is 1. The van der Waals surface area contributed by atoms with Gasteiger partial charge in [-0.2, -0.15) is 0 Å². The minimum atomic E-state index is 0.314. The Balaban J connectivity index is 2.69. The summed E-state index contributed by atoms with van der Waals surface area (Å²) in [6, 6.07) is 0.502. The van der Waals surface area contributed by atoms with Gasteiger partial charge in [0.1, 0.15) is 0 Å². The van der Waals surface area contributed by atoms with E-state index in [1.54, 1.807) is 0 Å². The zero-order valence-electron chi connectivity index (χ0n) is 12.5. The van der Waals surface area contributed by atoms with Crippen molar-refractivity contribution in [2.45, 2.75) is 67.3 Å². The van der Waals surface area contributed by atoms with Gasteiger partial charge in [0, 0.05) is 12.2 Å². The molecule has 0 saturated heterocycles. The minimum Gasteiger partial charge on any atom is -0.335 e. The summed E-state index contributed by atoms with van der Waals surface area (Å²) in [7, 11) is 0. The summed E-state index contributed by atoms with van der Waals surface area (Å²) in [4.78, 5) is 4.52. The van der Waals surface area contributed by atoms with Gasteiger partial charge >= 0.3 is 0 Å². The van der Waals surface area contributed by atoms with Crippen LogP contribution in [-0.2, 0) is 6.42 Å². The highest BCUT2D eigenvalue weighted by Gasteiger charge is 2.26. The first-order valence-electron chi connectivity index (χ1n) is 6.61. The molecule has 0 aromatic carbocycles. The summed E-state index contributed by atoms with van der Waals surface area (Å²) in [6.07, 6.45) is 6.42. The SMILES string of the molecule is CC(C)n1cnc(CC(C)(C)CC(C)(C)C)c1. The lowest BCUT2D eigenvalue weighted by Crippen LogP contribution is -2.23. The van der Waals surface area contributed by atoms with E-state index in [1.807, 2.05) is 6.33 Å². The Kier molecular flexibility index (Phi) is 4.06. The van der Waals surface area contributed by atoms with Crippen molar-refractivity contribution in [1.82, 2.24) is 9.55 Å². The third kappa shape index (κ3) is 4.93. The van der Waals surface area contributed by atoms with Crippen molar-refractivity contribution in [1.29, 1.82) is 0 Å². The molecule has 2 nitrogen and oxygen atoms in total. The maximum atomic E-state index is 4.52. The fourth-order valence-electron chi connectivity index (χ4n) is 2.74. The second kappa shape index (κ2) is 4.83. The Morgan fingerprint density at radius 2 is 1.76 bits per heavy atom. The molecule has 0 aliphatic carbocycles. The van der Waals surface area contributed by atoms with E-state index < -0.39 is 0 Å². The summed E-state index contributed by atoms with van der Waals surface area (Å²) in [5.41, 5.74) is 1.91. The molecule has 0 aliphatic heterocycles. The van der Waals surface area contributed by atoms with Gasteiger partial charge in [0.2, 0.25) is 0 Å². The maximum absolute atomic E-state index is 4.52. The van der Waals surface area contributed by atoms with Crippen LogP contribution in [0, 0.1) is 10.8 Å². The van der Waals surface area contributed by atoms with Crippen molar-refractivity contribution in [3.8, 4) is 0 Å². The molecule has 0 spiro atoms. The smallest absolute Gasteiger partial charge is 0.0951 e. The molecule has 0 amide bonds. The molecule has 1 rings (SSSR count). The van der Waals surface area contributed by atoms with E-state index in [4.69, 9.17) is 0 Å². The van der Waals surface area contributed by atoms with Gasteiger partial charge in [0.15, 0.2) is 0 Å². The van der Waals surface area contributed by atoms with Crippen LogP contribution in [0.15, 0.2) is 12.5 Å². The van der Waals surface area contributed by atoms with Gasteiger partial charge < -0.3 is 4.57 Å². The maximum Gasteiger partial charge on any atom is 0.0951 e. The van der Waals surface area contributed by atoms with Crippen LogP contribution in [0.3, 0.4) is 0 Å².